The Morgan fingerprint density at radius 1 is 1.06 bits per heavy atom. The van der Waals surface area contributed by atoms with Crippen LogP contribution in [-0.4, -0.2) is 24.3 Å². The normalized spacial score (nSPS) is 14.4. The van der Waals surface area contributed by atoms with Crippen LogP contribution in [0.25, 0.3) is 11.8 Å². The lowest BCUT2D eigenvalue weighted by Crippen LogP contribution is -2.40. The quantitative estimate of drug-likeness (QED) is 0.110. The summed E-state index contributed by atoms with van der Waals surface area (Å²) in [6, 6.07) is 25.0. The Balaban J connectivity index is 1.55. The SMILES string of the molecule is CCOC(=O)C1=C(c2ccccc2)N=c2s/c(=C\c3cc(Br)cc(I)c3OCc3ccc(Cl)cc3Cl)c(=O)n2[C@H]1c1ccc(OC)cc1. The molecule has 1 aliphatic rings. The number of thiazole rings is 1. The molecule has 48 heavy (non-hydrogen) atoms. The summed E-state index contributed by atoms with van der Waals surface area (Å²) in [6.07, 6.45) is 1.79. The second-order valence-electron chi connectivity index (χ2n) is 10.5. The summed E-state index contributed by atoms with van der Waals surface area (Å²) in [4.78, 5) is 33.5. The Labute approximate surface area is 312 Å². The van der Waals surface area contributed by atoms with Crippen molar-refractivity contribution < 1.29 is 19.0 Å². The Kier molecular flexibility index (Phi) is 10.8. The van der Waals surface area contributed by atoms with Crippen LogP contribution in [0.4, 0.5) is 0 Å². The first-order chi connectivity index (χ1) is 23.2. The topological polar surface area (TPSA) is 79.1 Å². The zero-order chi connectivity index (χ0) is 33.9. The van der Waals surface area contributed by atoms with Gasteiger partial charge in [0.1, 0.15) is 18.1 Å². The average Bonchev–Trinajstić information content (AvgIpc) is 3.38. The second kappa shape index (κ2) is 15.0. The molecule has 1 aromatic heterocycles. The summed E-state index contributed by atoms with van der Waals surface area (Å²) >= 11 is 19.5. The van der Waals surface area contributed by atoms with Crippen molar-refractivity contribution >= 4 is 90.8 Å². The van der Waals surface area contributed by atoms with E-state index in [9.17, 15) is 9.59 Å². The van der Waals surface area contributed by atoms with Gasteiger partial charge in [-0.25, -0.2) is 9.79 Å². The summed E-state index contributed by atoms with van der Waals surface area (Å²) in [5, 5.41) is 1.03. The minimum absolute atomic E-state index is 0.162. The smallest absolute Gasteiger partial charge is 0.338 e. The molecule has 4 aromatic carbocycles. The zero-order valence-electron chi connectivity index (χ0n) is 25.5. The van der Waals surface area contributed by atoms with Crippen LogP contribution in [-0.2, 0) is 16.1 Å². The number of nitrogens with zero attached hydrogens (tertiary/aromatic N) is 2. The molecule has 7 nitrogen and oxygen atoms in total. The molecule has 2 heterocycles. The van der Waals surface area contributed by atoms with Crippen LogP contribution in [0.2, 0.25) is 10.0 Å². The van der Waals surface area contributed by atoms with Gasteiger partial charge >= 0.3 is 5.97 Å². The van der Waals surface area contributed by atoms with Gasteiger partial charge in [-0.05, 0) is 77.6 Å². The number of fused-ring (bicyclic) bond motifs is 1. The number of hydrogen-bond donors (Lipinski definition) is 0. The van der Waals surface area contributed by atoms with Crippen LogP contribution >= 0.6 is 73.1 Å². The lowest BCUT2D eigenvalue weighted by molar-refractivity contribution is -0.138. The molecule has 1 atom stereocenters. The molecule has 0 unspecified atom stereocenters. The predicted octanol–water partition coefficient (Wildman–Crippen LogP) is 8.20. The lowest BCUT2D eigenvalue weighted by Gasteiger charge is -2.26. The Morgan fingerprint density at radius 3 is 2.50 bits per heavy atom. The number of halogens is 4. The molecule has 0 radical (unpaired) electrons. The fourth-order valence-electron chi connectivity index (χ4n) is 5.31. The Bertz CT molecular complexity index is 2240. The highest BCUT2D eigenvalue weighted by Gasteiger charge is 2.35. The highest BCUT2D eigenvalue weighted by atomic mass is 127. The molecule has 0 saturated heterocycles. The van der Waals surface area contributed by atoms with Crippen molar-refractivity contribution in [3.63, 3.8) is 0 Å². The first-order valence-electron chi connectivity index (χ1n) is 14.7. The van der Waals surface area contributed by atoms with Gasteiger partial charge in [0.2, 0.25) is 0 Å². The van der Waals surface area contributed by atoms with Gasteiger partial charge in [-0.3, -0.25) is 9.36 Å². The van der Waals surface area contributed by atoms with E-state index >= 15 is 0 Å². The minimum atomic E-state index is -0.811. The van der Waals surface area contributed by atoms with Crippen LogP contribution in [0, 0.1) is 3.57 Å². The number of ether oxygens (including phenoxy) is 3. The van der Waals surface area contributed by atoms with Gasteiger partial charge in [0.05, 0.1) is 39.1 Å². The molecule has 0 aliphatic carbocycles. The van der Waals surface area contributed by atoms with Crippen molar-refractivity contribution in [2.24, 2.45) is 4.99 Å². The number of hydrogen-bond acceptors (Lipinski definition) is 7. The van der Waals surface area contributed by atoms with Crippen molar-refractivity contribution in [2.45, 2.75) is 19.6 Å². The number of esters is 1. The van der Waals surface area contributed by atoms with E-state index in [0.29, 0.717) is 47.7 Å². The second-order valence-corrected chi connectivity index (χ2v) is 14.5. The fraction of sp³-hybridized carbons (Fsp3) is 0.139. The molecule has 5 aromatic rings. The van der Waals surface area contributed by atoms with Crippen molar-refractivity contribution in [1.82, 2.24) is 4.57 Å². The molecule has 0 bridgehead atoms. The molecule has 244 valence electrons. The van der Waals surface area contributed by atoms with Gasteiger partial charge in [0.25, 0.3) is 5.56 Å². The number of rotatable bonds is 9. The van der Waals surface area contributed by atoms with Crippen LogP contribution in [0.1, 0.15) is 35.2 Å². The maximum absolute atomic E-state index is 14.4. The molecule has 0 fully saturated rings. The van der Waals surface area contributed by atoms with E-state index in [-0.39, 0.29) is 24.3 Å². The third-order valence-electron chi connectivity index (χ3n) is 7.52. The molecule has 6 rings (SSSR count). The van der Waals surface area contributed by atoms with Gasteiger partial charge in [-0.2, -0.15) is 0 Å². The summed E-state index contributed by atoms with van der Waals surface area (Å²) in [6.45, 7) is 2.10. The highest BCUT2D eigenvalue weighted by molar-refractivity contribution is 14.1. The molecule has 0 amide bonds. The van der Waals surface area contributed by atoms with Crippen LogP contribution in [0.5, 0.6) is 11.5 Å². The van der Waals surface area contributed by atoms with Gasteiger partial charge in [-0.1, -0.05) is 99.0 Å². The summed E-state index contributed by atoms with van der Waals surface area (Å²) < 4.78 is 20.9. The molecule has 0 saturated carbocycles. The van der Waals surface area contributed by atoms with Gasteiger partial charge < -0.3 is 14.2 Å². The van der Waals surface area contributed by atoms with E-state index in [2.05, 4.69) is 38.5 Å². The van der Waals surface area contributed by atoms with Gasteiger partial charge in [0, 0.05) is 31.2 Å². The Hall–Kier alpha value is -3.42. The molecule has 1 aliphatic heterocycles. The van der Waals surface area contributed by atoms with Gasteiger partial charge in [0.15, 0.2) is 4.80 Å². The van der Waals surface area contributed by atoms with E-state index in [1.54, 1.807) is 48.9 Å². The first-order valence-corrected chi connectivity index (χ1v) is 18.1. The standard InChI is InChI=1S/C36H26BrCl2IN2O5S/c1-3-46-35(44)30-31(20-7-5-4-6-8-20)41-36-42(32(30)21-10-13-26(45-2)14-11-21)34(43)29(48-36)16-23-15-24(37)17-28(40)33(23)47-19-22-9-12-25(38)18-27(22)39/h4-18,32H,3,19H2,1-2H3/b29-16-/t32-/m0/s1. The Morgan fingerprint density at radius 2 is 1.81 bits per heavy atom. The van der Waals surface area contributed by atoms with E-state index in [1.807, 2.05) is 60.7 Å². The number of carbonyl (C=O) groups excluding carboxylic acids is 1. The number of methoxy groups -OCH3 is 1. The van der Waals surface area contributed by atoms with Crippen molar-refractivity contribution in [1.29, 1.82) is 0 Å². The molecular formula is C36H26BrCl2IN2O5S. The number of benzene rings is 4. The minimum Gasteiger partial charge on any atom is -0.497 e. The van der Waals surface area contributed by atoms with E-state index < -0.39 is 12.0 Å². The number of carbonyl (C=O) groups is 1. The first kappa shape index (κ1) is 34.4. The molecule has 0 N–H and O–H groups in total. The third kappa shape index (κ3) is 7.13. The van der Waals surface area contributed by atoms with Crippen LogP contribution in [0.15, 0.2) is 105 Å². The maximum atomic E-state index is 14.4. The largest absolute Gasteiger partial charge is 0.497 e. The van der Waals surface area contributed by atoms with Crippen molar-refractivity contribution in [2.75, 3.05) is 13.7 Å². The summed E-state index contributed by atoms with van der Waals surface area (Å²) in [7, 11) is 1.58. The zero-order valence-corrected chi connectivity index (χ0v) is 31.6. The highest BCUT2D eigenvalue weighted by Crippen LogP contribution is 2.36. The predicted molar refractivity (Wildman–Crippen MR) is 202 cm³/mol. The summed E-state index contributed by atoms with van der Waals surface area (Å²) in [5.74, 6) is 0.681. The molecular weight excluding hydrogens is 850 g/mol. The van der Waals surface area contributed by atoms with E-state index in [0.717, 1.165) is 19.2 Å². The van der Waals surface area contributed by atoms with Crippen molar-refractivity contribution in [3.8, 4) is 11.5 Å². The summed E-state index contributed by atoms with van der Waals surface area (Å²) in [5.41, 5.74) is 3.29. The average molecular weight is 876 g/mol. The van der Waals surface area contributed by atoms with Crippen LogP contribution < -0.4 is 24.4 Å². The van der Waals surface area contributed by atoms with Crippen LogP contribution in [0.3, 0.4) is 0 Å². The monoisotopic (exact) mass is 874 g/mol. The van der Waals surface area contributed by atoms with Crippen molar-refractivity contribution in [3.05, 3.63) is 151 Å². The third-order valence-corrected chi connectivity index (χ3v) is 10.3. The molecule has 12 heteroatoms. The van der Waals surface area contributed by atoms with E-state index in [1.165, 1.54) is 11.3 Å². The van der Waals surface area contributed by atoms with E-state index in [4.69, 9.17) is 42.4 Å². The molecule has 0 spiro atoms. The maximum Gasteiger partial charge on any atom is 0.338 e. The van der Waals surface area contributed by atoms with Gasteiger partial charge in [-0.15, -0.1) is 0 Å². The number of aromatic nitrogens is 1. The lowest BCUT2D eigenvalue weighted by atomic mass is 9.93. The fourth-order valence-corrected chi connectivity index (χ4v) is 8.47.